The summed E-state index contributed by atoms with van der Waals surface area (Å²) in [5.74, 6) is -0.138. The molecule has 0 saturated carbocycles. The molecule has 0 radical (unpaired) electrons. The first kappa shape index (κ1) is 15.2. The molecule has 0 heterocycles. The highest BCUT2D eigenvalue weighted by atomic mass is 35.5. The van der Waals surface area contributed by atoms with Crippen molar-refractivity contribution in [3.05, 3.63) is 63.6 Å². The highest BCUT2D eigenvalue weighted by Crippen LogP contribution is 2.21. The minimum absolute atomic E-state index is 0.138. The second kappa shape index (κ2) is 6.53. The van der Waals surface area contributed by atoms with Gasteiger partial charge in [-0.15, -0.1) is 12.6 Å². The molecular formula is C15H13Cl2NOS. The summed E-state index contributed by atoms with van der Waals surface area (Å²) in [6, 6.07) is 12.5. The average molecular weight is 326 g/mol. The summed E-state index contributed by atoms with van der Waals surface area (Å²) in [7, 11) is 1.73. The molecule has 0 unspecified atom stereocenters. The molecule has 2 aromatic carbocycles. The summed E-state index contributed by atoms with van der Waals surface area (Å²) < 4.78 is 0. The predicted molar refractivity (Wildman–Crippen MR) is 86.0 cm³/mol. The number of amides is 1. The number of carbonyl (C=O) groups is 1. The van der Waals surface area contributed by atoms with Crippen molar-refractivity contribution in [3.8, 4) is 0 Å². The van der Waals surface area contributed by atoms with E-state index in [4.69, 9.17) is 23.2 Å². The van der Waals surface area contributed by atoms with Crippen LogP contribution in [0.1, 0.15) is 15.9 Å². The van der Waals surface area contributed by atoms with Gasteiger partial charge in [0.25, 0.3) is 5.91 Å². The molecule has 2 nitrogen and oxygen atoms in total. The van der Waals surface area contributed by atoms with Crippen molar-refractivity contribution in [1.82, 2.24) is 4.90 Å². The van der Waals surface area contributed by atoms with Gasteiger partial charge in [-0.1, -0.05) is 35.3 Å². The summed E-state index contributed by atoms with van der Waals surface area (Å²) in [5, 5.41) is 1.10. The maximum atomic E-state index is 12.4. The maximum absolute atomic E-state index is 12.4. The van der Waals surface area contributed by atoms with Crippen molar-refractivity contribution in [2.24, 2.45) is 0 Å². The van der Waals surface area contributed by atoms with Gasteiger partial charge in [0.15, 0.2) is 0 Å². The van der Waals surface area contributed by atoms with Gasteiger partial charge in [0.2, 0.25) is 0 Å². The van der Waals surface area contributed by atoms with E-state index in [1.807, 2.05) is 12.1 Å². The van der Waals surface area contributed by atoms with Gasteiger partial charge < -0.3 is 4.90 Å². The third-order valence-corrected chi connectivity index (χ3v) is 3.72. The normalized spacial score (nSPS) is 10.4. The van der Waals surface area contributed by atoms with Crippen LogP contribution in [0.25, 0.3) is 0 Å². The number of benzene rings is 2. The molecule has 0 spiro atoms. The summed E-state index contributed by atoms with van der Waals surface area (Å²) in [4.78, 5) is 14.7. The Morgan fingerprint density at radius 2 is 1.80 bits per heavy atom. The fourth-order valence-electron chi connectivity index (χ4n) is 1.82. The molecule has 0 aliphatic heterocycles. The van der Waals surface area contributed by atoms with Gasteiger partial charge in [0.1, 0.15) is 0 Å². The van der Waals surface area contributed by atoms with E-state index >= 15 is 0 Å². The van der Waals surface area contributed by atoms with E-state index in [2.05, 4.69) is 12.6 Å². The van der Waals surface area contributed by atoms with Gasteiger partial charge in [0.05, 0.1) is 10.6 Å². The zero-order valence-corrected chi connectivity index (χ0v) is 13.2. The first-order chi connectivity index (χ1) is 9.47. The molecule has 0 bridgehead atoms. The van der Waals surface area contributed by atoms with Crippen LogP contribution in [0.15, 0.2) is 47.4 Å². The lowest BCUT2D eigenvalue weighted by molar-refractivity contribution is 0.0785. The van der Waals surface area contributed by atoms with Crippen LogP contribution in [-0.4, -0.2) is 17.9 Å². The van der Waals surface area contributed by atoms with Crippen LogP contribution in [-0.2, 0) is 6.54 Å². The highest BCUT2D eigenvalue weighted by Gasteiger charge is 2.15. The molecule has 1 amide bonds. The van der Waals surface area contributed by atoms with Gasteiger partial charge >= 0.3 is 0 Å². The van der Waals surface area contributed by atoms with Crippen LogP contribution < -0.4 is 0 Å². The number of carbonyl (C=O) groups excluding carboxylic acids is 1. The Morgan fingerprint density at radius 3 is 2.45 bits per heavy atom. The van der Waals surface area contributed by atoms with Crippen molar-refractivity contribution in [3.63, 3.8) is 0 Å². The first-order valence-electron chi connectivity index (χ1n) is 5.96. The zero-order valence-electron chi connectivity index (χ0n) is 10.8. The summed E-state index contributed by atoms with van der Waals surface area (Å²) in [6.07, 6.45) is 0. The lowest BCUT2D eigenvalue weighted by Gasteiger charge is -2.18. The Kier molecular flexibility index (Phi) is 4.97. The number of rotatable bonds is 3. The highest BCUT2D eigenvalue weighted by molar-refractivity contribution is 7.80. The minimum atomic E-state index is -0.138. The quantitative estimate of drug-likeness (QED) is 0.820. The molecule has 0 atom stereocenters. The lowest BCUT2D eigenvalue weighted by Crippen LogP contribution is -2.26. The van der Waals surface area contributed by atoms with Gasteiger partial charge in [0, 0.05) is 23.5 Å². The number of nitrogens with zero attached hydrogens (tertiary/aromatic N) is 1. The number of hydrogen-bond acceptors (Lipinski definition) is 2. The number of thiol groups is 1. The largest absolute Gasteiger partial charge is 0.337 e. The minimum Gasteiger partial charge on any atom is -0.337 e. The zero-order chi connectivity index (χ0) is 14.7. The van der Waals surface area contributed by atoms with Crippen molar-refractivity contribution in [1.29, 1.82) is 0 Å². The van der Waals surface area contributed by atoms with Crippen LogP contribution in [0.3, 0.4) is 0 Å². The molecule has 0 fully saturated rings. The molecular weight excluding hydrogens is 313 g/mol. The number of halogens is 2. The third-order valence-electron chi connectivity index (χ3n) is 2.86. The molecule has 20 heavy (non-hydrogen) atoms. The van der Waals surface area contributed by atoms with E-state index in [-0.39, 0.29) is 5.91 Å². The van der Waals surface area contributed by atoms with E-state index in [1.54, 1.807) is 42.3 Å². The summed E-state index contributed by atoms with van der Waals surface area (Å²) in [5.41, 5.74) is 1.46. The maximum Gasteiger partial charge on any atom is 0.255 e. The van der Waals surface area contributed by atoms with Crippen molar-refractivity contribution in [2.45, 2.75) is 11.4 Å². The standard InChI is InChI=1S/C15H13Cl2NOS/c1-18(9-10-2-4-11(16)5-3-10)15(19)13-8-12(20)6-7-14(13)17/h2-8,20H,9H2,1H3. The van der Waals surface area contributed by atoms with E-state index in [9.17, 15) is 4.79 Å². The monoisotopic (exact) mass is 325 g/mol. The van der Waals surface area contributed by atoms with Crippen molar-refractivity contribution in [2.75, 3.05) is 7.05 Å². The first-order valence-corrected chi connectivity index (χ1v) is 7.16. The molecule has 0 aliphatic carbocycles. The lowest BCUT2D eigenvalue weighted by atomic mass is 10.1. The molecule has 104 valence electrons. The molecule has 5 heteroatoms. The molecule has 0 saturated heterocycles. The Morgan fingerprint density at radius 1 is 1.15 bits per heavy atom. The molecule has 0 aromatic heterocycles. The smallest absolute Gasteiger partial charge is 0.255 e. The average Bonchev–Trinajstić information content (AvgIpc) is 2.43. The van der Waals surface area contributed by atoms with Crippen molar-refractivity contribution >= 4 is 41.7 Å². The van der Waals surface area contributed by atoms with E-state index < -0.39 is 0 Å². The van der Waals surface area contributed by atoms with Gasteiger partial charge in [-0.05, 0) is 35.9 Å². The Hall–Kier alpha value is -1.16. The second-order valence-corrected chi connectivity index (χ2v) is 5.81. The Balaban J connectivity index is 2.16. The van der Waals surface area contributed by atoms with E-state index in [0.717, 1.165) is 5.56 Å². The van der Waals surface area contributed by atoms with Gasteiger partial charge in [-0.2, -0.15) is 0 Å². The van der Waals surface area contributed by atoms with Crippen LogP contribution >= 0.6 is 35.8 Å². The van der Waals surface area contributed by atoms with E-state index in [0.29, 0.717) is 27.0 Å². The fraction of sp³-hybridized carbons (Fsp3) is 0.133. The van der Waals surface area contributed by atoms with Crippen LogP contribution in [0.4, 0.5) is 0 Å². The van der Waals surface area contributed by atoms with Crippen molar-refractivity contribution < 1.29 is 4.79 Å². The van der Waals surface area contributed by atoms with Gasteiger partial charge in [-0.25, -0.2) is 0 Å². The molecule has 2 rings (SSSR count). The summed E-state index contributed by atoms with van der Waals surface area (Å²) in [6.45, 7) is 0.489. The van der Waals surface area contributed by atoms with E-state index in [1.165, 1.54) is 0 Å². The molecule has 2 aromatic rings. The number of hydrogen-bond donors (Lipinski definition) is 1. The molecule has 0 aliphatic rings. The van der Waals surface area contributed by atoms with Crippen LogP contribution in [0.5, 0.6) is 0 Å². The third kappa shape index (κ3) is 3.69. The van der Waals surface area contributed by atoms with Crippen LogP contribution in [0.2, 0.25) is 10.0 Å². The van der Waals surface area contributed by atoms with Gasteiger partial charge in [-0.3, -0.25) is 4.79 Å². The summed E-state index contributed by atoms with van der Waals surface area (Å²) >= 11 is 16.1. The van der Waals surface area contributed by atoms with Crippen LogP contribution in [0, 0.1) is 0 Å². The predicted octanol–water partition coefficient (Wildman–Crippen LogP) is 4.55. The Bertz CT molecular complexity index is 628. The Labute approximate surface area is 133 Å². The molecule has 0 N–H and O–H groups in total. The topological polar surface area (TPSA) is 20.3 Å². The SMILES string of the molecule is CN(Cc1ccc(Cl)cc1)C(=O)c1cc(S)ccc1Cl. The fourth-order valence-corrected chi connectivity index (χ4v) is 2.35. The second-order valence-electron chi connectivity index (χ2n) is 4.45.